The molecule has 0 saturated carbocycles. The summed E-state index contributed by atoms with van der Waals surface area (Å²) in [6.07, 6.45) is 0.802. The highest BCUT2D eigenvalue weighted by Gasteiger charge is 2.09. The van der Waals surface area contributed by atoms with Crippen molar-refractivity contribution in [2.45, 2.75) is 13.3 Å². The Morgan fingerprint density at radius 2 is 2.00 bits per heavy atom. The van der Waals surface area contributed by atoms with Crippen LogP contribution >= 0.6 is 0 Å². The van der Waals surface area contributed by atoms with Crippen LogP contribution in [-0.4, -0.2) is 28.6 Å². The van der Waals surface area contributed by atoms with Crippen molar-refractivity contribution < 1.29 is 9.59 Å². The van der Waals surface area contributed by atoms with E-state index in [-0.39, 0.29) is 18.4 Å². The molecule has 0 spiro atoms. The van der Waals surface area contributed by atoms with Crippen molar-refractivity contribution in [1.82, 2.24) is 15.5 Å². The van der Waals surface area contributed by atoms with Gasteiger partial charge in [0, 0.05) is 23.0 Å². The monoisotopic (exact) mass is 287 g/mol. The predicted octanol–water partition coefficient (Wildman–Crippen LogP) is 0.923. The average Bonchev–Trinajstić information content (AvgIpc) is 2.93. The van der Waals surface area contributed by atoms with Crippen LogP contribution in [0.5, 0.6) is 0 Å². The molecular formula is C14H17N5O2. The Kier molecular flexibility index (Phi) is 4.55. The Labute approximate surface area is 121 Å². The van der Waals surface area contributed by atoms with Gasteiger partial charge in [-0.2, -0.15) is 5.10 Å². The minimum Gasteiger partial charge on any atom is -0.399 e. The van der Waals surface area contributed by atoms with E-state index in [1.807, 2.05) is 6.92 Å². The van der Waals surface area contributed by atoms with Gasteiger partial charge in [0.05, 0.1) is 6.54 Å². The first kappa shape index (κ1) is 14.6. The number of nitrogens with zero attached hydrogens (tertiary/aromatic N) is 1. The molecule has 0 aliphatic heterocycles. The first-order valence-corrected chi connectivity index (χ1v) is 6.56. The molecule has 0 atom stereocenters. The van der Waals surface area contributed by atoms with Crippen LogP contribution in [0.15, 0.2) is 30.3 Å². The second-order valence-corrected chi connectivity index (χ2v) is 4.48. The van der Waals surface area contributed by atoms with Gasteiger partial charge in [-0.05, 0) is 30.7 Å². The minimum absolute atomic E-state index is 0.127. The molecule has 2 rings (SSSR count). The number of amides is 2. The molecule has 2 amide bonds. The number of hydrogen-bond acceptors (Lipinski definition) is 4. The lowest BCUT2D eigenvalue weighted by Gasteiger charge is -2.05. The normalized spacial score (nSPS) is 10.1. The molecule has 0 unspecified atom stereocenters. The SMILES string of the molecule is CCc1cc(NC(=O)CNC(=O)c2ccc(N)cc2)n[nH]1. The molecule has 7 heteroatoms. The fourth-order valence-corrected chi connectivity index (χ4v) is 1.69. The number of aryl methyl sites for hydroxylation is 1. The zero-order chi connectivity index (χ0) is 15.2. The number of aromatic nitrogens is 2. The Bertz CT molecular complexity index is 633. The molecule has 7 nitrogen and oxygen atoms in total. The van der Waals surface area contributed by atoms with E-state index in [2.05, 4.69) is 20.8 Å². The van der Waals surface area contributed by atoms with Crippen LogP contribution in [0.25, 0.3) is 0 Å². The highest BCUT2D eigenvalue weighted by atomic mass is 16.2. The van der Waals surface area contributed by atoms with Gasteiger partial charge in [0.2, 0.25) is 5.91 Å². The number of H-pyrrole nitrogens is 1. The smallest absolute Gasteiger partial charge is 0.251 e. The highest BCUT2D eigenvalue weighted by molar-refractivity contribution is 5.99. The zero-order valence-electron chi connectivity index (χ0n) is 11.6. The van der Waals surface area contributed by atoms with Gasteiger partial charge in [-0.25, -0.2) is 0 Å². The van der Waals surface area contributed by atoms with Crippen molar-refractivity contribution in [3.63, 3.8) is 0 Å². The number of hydrogen-bond donors (Lipinski definition) is 4. The second kappa shape index (κ2) is 6.56. The summed E-state index contributed by atoms with van der Waals surface area (Å²) in [4.78, 5) is 23.5. The van der Waals surface area contributed by atoms with Crippen LogP contribution in [0.3, 0.4) is 0 Å². The topological polar surface area (TPSA) is 113 Å². The van der Waals surface area contributed by atoms with Crippen molar-refractivity contribution in [3.05, 3.63) is 41.6 Å². The van der Waals surface area contributed by atoms with E-state index in [0.29, 0.717) is 17.1 Å². The van der Waals surface area contributed by atoms with Gasteiger partial charge in [-0.15, -0.1) is 0 Å². The van der Waals surface area contributed by atoms with Gasteiger partial charge in [0.15, 0.2) is 5.82 Å². The third kappa shape index (κ3) is 4.07. The summed E-state index contributed by atoms with van der Waals surface area (Å²) in [7, 11) is 0. The number of nitrogen functional groups attached to an aromatic ring is 1. The van der Waals surface area contributed by atoms with Gasteiger partial charge >= 0.3 is 0 Å². The third-order valence-electron chi connectivity index (χ3n) is 2.86. The Hall–Kier alpha value is -2.83. The molecule has 0 saturated heterocycles. The van der Waals surface area contributed by atoms with Crippen LogP contribution < -0.4 is 16.4 Å². The Morgan fingerprint density at radius 3 is 2.62 bits per heavy atom. The van der Waals surface area contributed by atoms with E-state index in [9.17, 15) is 9.59 Å². The summed E-state index contributed by atoms with van der Waals surface area (Å²) < 4.78 is 0. The summed E-state index contributed by atoms with van der Waals surface area (Å²) in [6, 6.07) is 8.21. The summed E-state index contributed by atoms with van der Waals surface area (Å²) in [6.45, 7) is 1.85. The molecule has 21 heavy (non-hydrogen) atoms. The van der Waals surface area contributed by atoms with Crippen molar-refractivity contribution in [1.29, 1.82) is 0 Å². The first-order chi connectivity index (χ1) is 10.1. The zero-order valence-corrected chi connectivity index (χ0v) is 11.6. The highest BCUT2D eigenvalue weighted by Crippen LogP contribution is 2.06. The lowest BCUT2D eigenvalue weighted by Crippen LogP contribution is -2.32. The van der Waals surface area contributed by atoms with Gasteiger partial charge in [-0.1, -0.05) is 6.92 Å². The van der Waals surface area contributed by atoms with Gasteiger partial charge in [-0.3, -0.25) is 14.7 Å². The number of nitrogens with one attached hydrogen (secondary N) is 3. The maximum Gasteiger partial charge on any atom is 0.251 e. The van der Waals surface area contributed by atoms with Crippen molar-refractivity contribution in [3.8, 4) is 0 Å². The molecule has 1 aromatic carbocycles. The summed E-state index contributed by atoms with van der Waals surface area (Å²) in [5.74, 6) is -0.229. The van der Waals surface area contributed by atoms with E-state index < -0.39 is 0 Å². The molecule has 0 fully saturated rings. The maximum atomic E-state index is 11.8. The number of rotatable bonds is 5. The number of anilines is 2. The van der Waals surface area contributed by atoms with Gasteiger partial charge in [0.1, 0.15) is 0 Å². The molecule has 5 N–H and O–H groups in total. The summed E-state index contributed by atoms with van der Waals surface area (Å²) in [5, 5.41) is 11.9. The lowest BCUT2D eigenvalue weighted by atomic mass is 10.2. The van der Waals surface area contributed by atoms with Crippen LogP contribution in [0.4, 0.5) is 11.5 Å². The van der Waals surface area contributed by atoms with E-state index in [1.54, 1.807) is 30.3 Å². The lowest BCUT2D eigenvalue weighted by molar-refractivity contribution is -0.115. The number of nitrogens with two attached hydrogens (primary N) is 1. The Balaban J connectivity index is 1.83. The number of aromatic amines is 1. The quantitative estimate of drug-likeness (QED) is 0.612. The molecule has 0 bridgehead atoms. The fraction of sp³-hybridized carbons (Fsp3) is 0.214. The molecule has 1 heterocycles. The number of benzene rings is 1. The maximum absolute atomic E-state index is 11.8. The summed E-state index contributed by atoms with van der Waals surface area (Å²) >= 11 is 0. The predicted molar refractivity (Wildman–Crippen MR) is 79.8 cm³/mol. The van der Waals surface area contributed by atoms with Crippen molar-refractivity contribution in [2.24, 2.45) is 0 Å². The molecule has 110 valence electrons. The molecular weight excluding hydrogens is 270 g/mol. The second-order valence-electron chi connectivity index (χ2n) is 4.48. The molecule has 0 aliphatic rings. The summed E-state index contributed by atoms with van der Waals surface area (Å²) in [5.41, 5.74) is 7.50. The number of carbonyl (C=O) groups excluding carboxylic acids is 2. The van der Waals surface area contributed by atoms with E-state index in [4.69, 9.17) is 5.73 Å². The third-order valence-corrected chi connectivity index (χ3v) is 2.86. The van der Waals surface area contributed by atoms with Crippen LogP contribution in [0.2, 0.25) is 0 Å². The molecule has 1 aromatic heterocycles. The van der Waals surface area contributed by atoms with Gasteiger partial charge in [0.25, 0.3) is 5.91 Å². The van der Waals surface area contributed by atoms with Crippen LogP contribution in [0.1, 0.15) is 23.0 Å². The van der Waals surface area contributed by atoms with E-state index in [0.717, 1.165) is 12.1 Å². The minimum atomic E-state index is -0.340. The Morgan fingerprint density at radius 1 is 1.29 bits per heavy atom. The van der Waals surface area contributed by atoms with E-state index in [1.165, 1.54) is 0 Å². The van der Waals surface area contributed by atoms with Crippen LogP contribution in [-0.2, 0) is 11.2 Å². The largest absolute Gasteiger partial charge is 0.399 e. The van der Waals surface area contributed by atoms with E-state index >= 15 is 0 Å². The average molecular weight is 287 g/mol. The molecule has 0 aliphatic carbocycles. The van der Waals surface area contributed by atoms with Crippen molar-refractivity contribution >= 4 is 23.3 Å². The standard InChI is InChI=1S/C14H17N5O2/c1-2-11-7-12(19-18-11)17-13(20)8-16-14(21)9-3-5-10(15)6-4-9/h3-7H,2,8,15H2,1H3,(H,16,21)(H2,17,18,19,20). The molecule has 0 radical (unpaired) electrons. The number of carbonyl (C=O) groups is 2. The first-order valence-electron chi connectivity index (χ1n) is 6.56. The molecule has 2 aromatic rings. The fourth-order valence-electron chi connectivity index (χ4n) is 1.69. The van der Waals surface area contributed by atoms with Crippen LogP contribution in [0, 0.1) is 0 Å². The van der Waals surface area contributed by atoms with Gasteiger partial charge < -0.3 is 16.4 Å². The van der Waals surface area contributed by atoms with Crippen molar-refractivity contribution in [2.75, 3.05) is 17.6 Å².